The Morgan fingerprint density at radius 3 is 2.86 bits per heavy atom. The summed E-state index contributed by atoms with van der Waals surface area (Å²) < 4.78 is 5.40. The number of phenols is 1. The zero-order valence-electron chi connectivity index (χ0n) is 8.37. The van der Waals surface area contributed by atoms with E-state index < -0.39 is 6.10 Å². The second-order valence-electron chi connectivity index (χ2n) is 3.71. The fourth-order valence-electron chi connectivity index (χ4n) is 1.94. The lowest BCUT2D eigenvalue weighted by atomic mass is 9.97. The number of hydrogen-bond acceptors (Lipinski definition) is 3. The maximum Gasteiger partial charge on any atom is 0.124 e. The third-order valence-corrected chi connectivity index (χ3v) is 2.63. The second kappa shape index (κ2) is 3.17. The minimum Gasteiger partial charge on any atom is -0.507 e. The lowest BCUT2D eigenvalue weighted by Crippen LogP contribution is -1.98. The van der Waals surface area contributed by atoms with Crippen molar-refractivity contribution in [2.75, 3.05) is 6.61 Å². The van der Waals surface area contributed by atoms with Crippen LogP contribution in [0.2, 0.25) is 0 Å². The molecule has 1 aromatic carbocycles. The summed E-state index contributed by atoms with van der Waals surface area (Å²) in [4.78, 5) is 0. The lowest BCUT2D eigenvalue weighted by Gasteiger charge is -2.14. The number of aliphatic hydroxyl groups excluding tert-OH is 1. The highest BCUT2D eigenvalue weighted by atomic mass is 16.5. The molecule has 1 unspecified atom stereocenters. The SMILES string of the molecule is Cc1cc2c(c(C(C)O)c1O)CCO2. The van der Waals surface area contributed by atoms with Gasteiger partial charge in [-0.3, -0.25) is 0 Å². The van der Waals surface area contributed by atoms with Crippen LogP contribution in [0.15, 0.2) is 6.07 Å². The van der Waals surface area contributed by atoms with Gasteiger partial charge in [0.05, 0.1) is 12.7 Å². The molecule has 0 fully saturated rings. The fraction of sp³-hybridized carbons (Fsp3) is 0.455. The molecule has 2 N–H and O–H groups in total. The Morgan fingerprint density at radius 2 is 2.21 bits per heavy atom. The summed E-state index contributed by atoms with van der Waals surface area (Å²) in [7, 11) is 0. The highest BCUT2D eigenvalue weighted by Gasteiger charge is 2.23. The predicted octanol–water partition coefficient (Wildman–Crippen LogP) is 1.69. The van der Waals surface area contributed by atoms with Gasteiger partial charge in [0.15, 0.2) is 0 Å². The Kier molecular flexibility index (Phi) is 2.11. The number of benzene rings is 1. The third-order valence-electron chi connectivity index (χ3n) is 2.63. The van der Waals surface area contributed by atoms with E-state index in [0.29, 0.717) is 12.2 Å². The van der Waals surface area contributed by atoms with Gasteiger partial charge in [-0.1, -0.05) is 0 Å². The zero-order chi connectivity index (χ0) is 10.3. The molecule has 76 valence electrons. The van der Waals surface area contributed by atoms with E-state index in [-0.39, 0.29) is 5.75 Å². The standard InChI is InChI=1S/C11H14O3/c1-6-5-9-8(3-4-14-9)10(7(2)12)11(6)13/h5,7,12-13H,3-4H2,1-2H3. The zero-order valence-corrected chi connectivity index (χ0v) is 8.37. The number of aliphatic hydroxyl groups is 1. The Labute approximate surface area is 83.0 Å². The average Bonchev–Trinajstić information content (AvgIpc) is 2.52. The molecule has 1 aromatic rings. The first-order valence-corrected chi connectivity index (χ1v) is 4.77. The molecule has 3 nitrogen and oxygen atoms in total. The van der Waals surface area contributed by atoms with E-state index in [4.69, 9.17) is 4.74 Å². The summed E-state index contributed by atoms with van der Waals surface area (Å²) in [5, 5.41) is 19.4. The number of hydrogen-bond donors (Lipinski definition) is 2. The van der Waals surface area contributed by atoms with Crippen LogP contribution in [0.3, 0.4) is 0 Å². The van der Waals surface area contributed by atoms with Crippen molar-refractivity contribution < 1.29 is 14.9 Å². The van der Waals surface area contributed by atoms with Crippen LogP contribution in [0.1, 0.15) is 29.7 Å². The maximum atomic E-state index is 9.82. The first kappa shape index (κ1) is 9.34. The molecule has 0 spiro atoms. The van der Waals surface area contributed by atoms with E-state index in [1.807, 2.05) is 13.0 Å². The van der Waals surface area contributed by atoms with Crippen LogP contribution in [0.25, 0.3) is 0 Å². The number of phenolic OH excluding ortho intramolecular Hbond substituents is 1. The molecule has 2 rings (SSSR count). The van der Waals surface area contributed by atoms with E-state index >= 15 is 0 Å². The van der Waals surface area contributed by atoms with Crippen molar-refractivity contribution in [3.63, 3.8) is 0 Å². The van der Waals surface area contributed by atoms with Gasteiger partial charge in [0.25, 0.3) is 0 Å². The number of fused-ring (bicyclic) bond motifs is 1. The molecule has 1 heterocycles. The van der Waals surface area contributed by atoms with Crippen LogP contribution < -0.4 is 4.74 Å². The van der Waals surface area contributed by atoms with Gasteiger partial charge in [0.1, 0.15) is 11.5 Å². The molecule has 0 saturated heterocycles. The lowest BCUT2D eigenvalue weighted by molar-refractivity contribution is 0.193. The topological polar surface area (TPSA) is 49.7 Å². The quantitative estimate of drug-likeness (QED) is 0.715. The van der Waals surface area contributed by atoms with Gasteiger partial charge in [0.2, 0.25) is 0 Å². The van der Waals surface area contributed by atoms with Crippen LogP contribution in [0.5, 0.6) is 11.5 Å². The smallest absolute Gasteiger partial charge is 0.124 e. The summed E-state index contributed by atoms with van der Waals surface area (Å²) in [5.74, 6) is 1.00. The second-order valence-corrected chi connectivity index (χ2v) is 3.71. The first-order valence-electron chi connectivity index (χ1n) is 4.77. The number of aryl methyl sites for hydroxylation is 1. The molecule has 3 heteroatoms. The fourth-order valence-corrected chi connectivity index (χ4v) is 1.94. The highest BCUT2D eigenvalue weighted by molar-refractivity contribution is 5.54. The molecular weight excluding hydrogens is 180 g/mol. The van der Waals surface area contributed by atoms with Crippen LogP contribution in [-0.2, 0) is 6.42 Å². The van der Waals surface area contributed by atoms with Crippen LogP contribution in [-0.4, -0.2) is 16.8 Å². The van der Waals surface area contributed by atoms with Gasteiger partial charge in [-0.2, -0.15) is 0 Å². The molecule has 0 aromatic heterocycles. The van der Waals surface area contributed by atoms with Crippen molar-refractivity contribution in [3.05, 3.63) is 22.8 Å². The Bertz CT molecular complexity index is 369. The third kappa shape index (κ3) is 1.24. The van der Waals surface area contributed by atoms with Crippen molar-refractivity contribution in [3.8, 4) is 11.5 Å². The molecule has 1 aliphatic heterocycles. The molecule has 0 bridgehead atoms. The first-order chi connectivity index (χ1) is 6.61. The molecule has 0 amide bonds. The summed E-state index contributed by atoms with van der Waals surface area (Å²) in [6.07, 6.45) is 0.119. The van der Waals surface area contributed by atoms with Crippen molar-refractivity contribution in [1.82, 2.24) is 0 Å². The van der Waals surface area contributed by atoms with Crippen molar-refractivity contribution in [2.24, 2.45) is 0 Å². The molecule has 1 atom stereocenters. The molecule has 14 heavy (non-hydrogen) atoms. The highest BCUT2D eigenvalue weighted by Crippen LogP contribution is 2.39. The Balaban J connectivity index is 2.66. The summed E-state index contributed by atoms with van der Waals surface area (Å²) in [5.41, 5.74) is 2.32. The van der Waals surface area contributed by atoms with E-state index in [0.717, 1.165) is 23.3 Å². The van der Waals surface area contributed by atoms with Gasteiger partial charge >= 0.3 is 0 Å². The van der Waals surface area contributed by atoms with Gasteiger partial charge < -0.3 is 14.9 Å². The van der Waals surface area contributed by atoms with Gasteiger partial charge in [0, 0.05) is 17.5 Å². The number of rotatable bonds is 1. The van der Waals surface area contributed by atoms with Crippen molar-refractivity contribution in [1.29, 1.82) is 0 Å². The number of aromatic hydroxyl groups is 1. The maximum absolute atomic E-state index is 9.82. The minimum absolute atomic E-state index is 0.198. The Morgan fingerprint density at radius 1 is 1.50 bits per heavy atom. The van der Waals surface area contributed by atoms with E-state index in [1.54, 1.807) is 6.92 Å². The number of ether oxygens (including phenoxy) is 1. The van der Waals surface area contributed by atoms with E-state index in [9.17, 15) is 10.2 Å². The largest absolute Gasteiger partial charge is 0.507 e. The van der Waals surface area contributed by atoms with Crippen molar-refractivity contribution >= 4 is 0 Å². The summed E-state index contributed by atoms with van der Waals surface area (Å²) in [6, 6.07) is 1.82. The van der Waals surface area contributed by atoms with Crippen LogP contribution >= 0.6 is 0 Å². The molecule has 0 radical (unpaired) electrons. The van der Waals surface area contributed by atoms with E-state index in [1.165, 1.54) is 0 Å². The molecule has 1 aliphatic rings. The minimum atomic E-state index is -0.648. The van der Waals surface area contributed by atoms with Gasteiger partial charge in [-0.25, -0.2) is 0 Å². The Hall–Kier alpha value is -1.22. The van der Waals surface area contributed by atoms with E-state index in [2.05, 4.69) is 0 Å². The average molecular weight is 194 g/mol. The molecular formula is C11H14O3. The van der Waals surface area contributed by atoms with Crippen molar-refractivity contribution in [2.45, 2.75) is 26.4 Å². The van der Waals surface area contributed by atoms with Gasteiger partial charge in [-0.05, 0) is 25.5 Å². The monoisotopic (exact) mass is 194 g/mol. The normalized spacial score (nSPS) is 16.2. The molecule has 0 saturated carbocycles. The van der Waals surface area contributed by atoms with Gasteiger partial charge in [-0.15, -0.1) is 0 Å². The summed E-state index contributed by atoms with van der Waals surface area (Å²) >= 11 is 0. The van der Waals surface area contributed by atoms with Crippen LogP contribution in [0.4, 0.5) is 0 Å². The molecule has 0 aliphatic carbocycles. The van der Waals surface area contributed by atoms with Crippen LogP contribution in [0, 0.1) is 6.92 Å². The predicted molar refractivity (Wildman–Crippen MR) is 52.7 cm³/mol. The summed E-state index contributed by atoms with van der Waals surface area (Å²) in [6.45, 7) is 4.11.